The fraction of sp³-hybridized carbons (Fsp3) is 0.500. The monoisotopic (exact) mass is 288 g/mol. The zero-order valence-corrected chi connectivity index (χ0v) is 12.3. The van der Waals surface area contributed by atoms with Gasteiger partial charge in [0.25, 0.3) is 0 Å². The normalized spacial score (nSPS) is 22.3. The molecule has 0 amide bonds. The molecule has 2 unspecified atom stereocenters. The molecule has 0 bridgehead atoms. The van der Waals surface area contributed by atoms with E-state index in [-0.39, 0.29) is 12.1 Å². The highest BCUT2D eigenvalue weighted by molar-refractivity contribution is 5.63. The van der Waals surface area contributed by atoms with Crippen LogP contribution in [-0.4, -0.2) is 45.9 Å². The van der Waals surface area contributed by atoms with Crippen LogP contribution in [0.25, 0.3) is 11.4 Å². The number of nitrogens with two attached hydrogens (primary N) is 1. The summed E-state index contributed by atoms with van der Waals surface area (Å²) in [7, 11) is 1.61. The van der Waals surface area contributed by atoms with Crippen molar-refractivity contribution in [1.82, 2.24) is 20.2 Å². The summed E-state index contributed by atoms with van der Waals surface area (Å²) in [6.07, 6.45) is 5.48. The predicted octanol–water partition coefficient (Wildman–Crippen LogP) is 1.19. The van der Waals surface area contributed by atoms with Crippen molar-refractivity contribution >= 4 is 5.95 Å². The van der Waals surface area contributed by atoms with Crippen molar-refractivity contribution in [3.05, 3.63) is 18.5 Å². The molecule has 1 fully saturated rings. The molecule has 7 heteroatoms. The number of hydrogen-bond donors (Lipinski definition) is 2. The van der Waals surface area contributed by atoms with E-state index in [1.807, 2.05) is 6.07 Å². The molecule has 0 aliphatic carbocycles. The Morgan fingerprint density at radius 1 is 1.48 bits per heavy atom. The van der Waals surface area contributed by atoms with Crippen LogP contribution in [0.1, 0.15) is 19.8 Å². The summed E-state index contributed by atoms with van der Waals surface area (Å²) < 4.78 is 5.31. The minimum absolute atomic E-state index is 0.163. The van der Waals surface area contributed by atoms with Gasteiger partial charge in [-0.15, -0.1) is 5.10 Å². The second-order valence-electron chi connectivity index (χ2n) is 5.30. The summed E-state index contributed by atoms with van der Waals surface area (Å²) in [6, 6.07) is 2.26. The number of pyridine rings is 1. The van der Waals surface area contributed by atoms with E-state index < -0.39 is 0 Å². The van der Waals surface area contributed by atoms with Gasteiger partial charge >= 0.3 is 0 Å². The Morgan fingerprint density at radius 2 is 2.33 bits per heavy atom. The molecule has 21 heavy (non-hydrogen) atoms. The number of anilines is 1. The van der Waals surface area contributed by atoms with E-state index in [4.69, 9.17) is 10.5 Å². The van der Waals surface area contributed by atoms with Gasteiger partial charge in [-0.25, -0.2) is 0 Å². The van der Waals surface area contributed by atoms with E-state index in [0.29, 0.717) is 17.5 Å². The average Bonchev–Trinajstić information content (AvgIpc) is 2.99. The van der Waals surface area contributed by atoms with E-state index in [1.54, 1.807) is 19.5 Å². The minimum Gasteiger partial charge on any atom is -0.494 e. The number of nitrogens with zero attached hydrogens (tertiary/aromatic N) is 4. The number of aromatic amines is 1. The van der Waals surface area contributed by atoms with E-state index >= 15 is 0 Å². The lowest BCUT2D eigenvalue weighted by Crippen LogP contribution is -2.50. The molecule has 0 saturated carbocycles. The van der Waals surface area contributed by atoms with Gasteiger partial charge < -0.3 is 15.4 Å². The lowest BCUT2D eigenvalue weighted by Gasteiger charge is -2.36. The second kappa shape index (κ2) is 5.69. The minimum atomic E-state index is 0.163. The number of rotatable bonds is 3. The van der Waals surface area contributed by atoms with Gasteiger partial charge in [-0.3, -0.25) is 10.1 Å². The summed E-state index contributed by atoms with van der Waals surface area (Å²) in [5, 5.41) is 7.31. The highest BCUT2D eigenvalue weighted by atomic mass is 16.5. The van der Waals surface area contributed by atoms with Gasteiger partial charge in [0.1, 0.15) is 5.75 Å². The number of piperidine rings is 1. The number of aromatic nitrogens is 4. The van der Waals surface area contributed by atoms with Gasteiger partial charge in [0.2, 0.25) is 5.95 Å². The molecule has 3 rings (SSSR count). The average molecular weight is 288 g/mol. The lowest BCUT2D eigenvalue weighted by atomic mass is 9.99. The Hall–Kier alpha value is -2.15. The molecule has 2 aromatic heterocycles. The first-order valence-electron chi connectivity index (χ1n) is 7.13. The third-order valence-corrected chi connectivity index (χ3v) is 4.04. The van der Waals surface area contributed by atoms with Gasteiger partial charge in [0.05, 0.1) is 18.9 Å². The van der Waals surface area contributed by atoms with E-state index in [1.165, 1.54) is 0 Å². The fourth-order valence-electron chi connectivity index (χ4n) is 2.70. The van der Waals surface area contributed by atoms with Crippen molar-refractivity contribution in [1.29, 1.82) is 0 Å². The van der Waals surface area contributed by atoms with Crippen LogP contribution < -0.4 is 15.4 Å². The maximum absolute atomic E-state index is 6.13. The predicted molar refractivity (Wildman–Crippen MR) is 80.2 cm³/mol. The van der Waals surface area contributed by atoms with E-state index in [0.717, 1.165) is 24.9 Å². The highest BCUT2D eigenvalue weighted by Crippen LogP contribution is 2.28. The van der Waals surface area contributed by atoms with Crippen LogP contribution in [-0.2, 0) is 0 Å². The summed E-state index contributed by atoms with van der Waals surface area (Å²) >= 11 is 0. The van der Waals surface area contributed by atoms with Crippen molar-refractivity contribution < 1.29 is 4.74 Å². The molecule has 1 aliphatic rings. The summed E-state index contributed by atoms with van der Waals surface area (Å²) in [6.45, 7) is 3.05. The second-order valence-corrected chi connectivity index (χ2v) is 5.30. The van der Waals surface area contributed by atoms with Crippen LogP contribution in [0.2, 0.25) is 0 Å². The van der Waals surface area contributed by atoms with E-state index in [9.17, 15) is 0 Å². The zero-order valence-electron chi connectivity index (χ0n) is 12.3. The van der Waals surface area contributed by atoms with Gasteiger partial charge in [0.15, 0.2) is 5.82 Å². The first kappa shape index (κ1) is 13.8. The Kier molecular flexibility index (Phi) is 3.74. The topological polar surface area (TPSA) is 93.0 Å². The molecular weight excluding hydrogens is 268 g/mol. The maximum atomic E-state index is 6.13. The molecule has 0 aromatic carbocycles. The molecule has 0 radical (unpaired) electrons. The molecule has 2 atom stereocenters. The Labute approximate surface area is 123 Å². The Balaban J connectivity index is 1.89. The van der Waals surface area contributed by atoms with Gasteiger partial charge in [-0.2, -0.15) is 4.98 Å². The maximum Gasteiger partial charge on any atom is 0.245 e. The van der Waals surface area contributed by atoms with Crippen LogP contribution in [0, 0.1) is 0 Å². The number of methoxy groups -OCH3 is 1. The van der Waals surface area contributed by atoms with Crippen molar-refractivity contribution in [3.8, 4) is 17.1 Å². The molecule has 0 spiro atoms. The van der Waals surface area contributed by atoms with Gasteiger partial charge in [-0.05, 0) is 25.8 Å². The van der Waals surface area contributed by atoms with Crippen LogP contribution in [0.15, 0.2) is 18.5 Å². The third-order valence-electron chi connectivity index (χ3n) is 4.04. The SMILES string of the molecule is COc1cnccc1-c1nc(N2CCCC(N)C2C)n[nH]1. The Bertz CT molecular complexity index is 613. The molecule has 1 saturated heterocycles. The van der Waals surface area contributed by atoms with Crippen molar-refractivity contribution in [2.75, 3.05) is 18.6 Å². The van der Waals surface area contributed by atoms with E-state index in [2.05, 4.69) is 32.0 Å². The van der Waals surface area contributed by atoms with Gasteiger partial charge in [0, 0.05) is 24.8 Å². The van der Waals surface area contributed by atoms with Gasteiger partial charge in [-0.1, -0.05) is 0 Å². The summed E-state index contributed by atoms with van der Waals surface area (Å²) in [5.74, 6) is 2.03. The number of H-pyrrole nitrogens is 1. The standard InChI is InChI=1S/C14H20N6O/c1-9-11(15)4-3-7-20(9)14-17-13(18-19-14)10-5-6-16-8-12(10)21-2/h5-6,8-9,11H,3-4,7,15H2,1-2H3,(H,17,18,19). The smallest absolute Gasteiger partial charge is 0.245 e. The Morgan fingerprint density at radius 3 is 3.14 bits per heavy atom. The first-order valence-corrected chi connectivity index (χ1v) is 7.13. The number of ether oxygens (including phenoxy) is 1. The molecule has 7 nitrogen and oxygen atoms in total. The first-order chi connectivity index (χ1) is 10.2. The largest absolute Gasteiger partial charge is 0.494 e. The zero-order chi connectivity index (χ0) is 14.8. The quantitative estimate of drug-likeness (QED) is 0.881. The van der Waals surface area contributed by atoms with Crippen molar-refractivity contribution in [3.63, 3.8) is 0 Å². The summed E-state index contributed by atoms with van der Waals surface area (Å²) in [4.78, 5) is 10.8. The van der Waals surface area contributed by atoms with Crippen LogP contribution in [0.3, 0.4) is 0 Å². The lowest BCUT2D eigenvalue weighted by molar-refractivity contribution is 0.414. The van der Waals surface area contributed by atoms with Crippen LogP contribution in [0.5, 0.6) is 5.75 Å². The van der Waals surface area contributed by atoms with Crippen molar-refractivity contribution in [2.45, 2.75) is 31.8 Å². The van der Waals surface area contributed by atoms with Crippen molar-refractivity contribution in [2.24, 2.45) is 5.73 Å². The fourth-order valence-corrected chi connectivity index (χ4v) is 2.70. The highest BCUT2D eigenvalue weighted by Gasteiger charge is 2.28. The van der Waals surface area contributed by atoms with Crippen LogP contribution >= 0.6 is 0 Å². The number of hydrogen-bond acceptors (Lipinski definition) is 6. The van der Waals surface area contributed by atoms with Crippen LogP contribution in [0.4, 0.5) is 5.95 Å². The molecule has 3 N–H and O–H groups in total. The number of nitrogens with one attached hydrogen (secondary N) is 1. The molecule has 2 aromatic rings. The summed E-state index contributed by atoms with van der Waals surface area (Å²) in [5.41, 5.74) is 6.98. The molecule has 3 heterocycles. The third kappa shape index (κ3) is 2.56. The molecular formula is C14H20N6O. The molecule has 1 aliphatic heterocycles. The molecule has 112 valence electrons.